The zero-order valence-corrected chi connectivity index (χ0v) is 34.5. The van der Waals surface area contributed by atoms with E-state index in [4.69, 9.17) is 0 Å². The van der Waals surface area contributed by atoms with Gasteiger partial charge in [-0.25, -0.2) is 0 Å². The van der Waals surface area contributed by atoms with Gasteiger partial charge in [0.05, 0.1) is 27.8 Å². The molecule has 0 saturated heterocycles. The molecule has 0 fully saturated rings. The number of fused-ring (bicyclic) bond motifs is 13. The molecule has 1 spiro atoms. The summed E-state index contributed by atoms with van der Waals surface area (Å²) in [7, 11) is 0. The lowest BCUT2D eigenvalue weighted by Crippen LogP contribution is -2.26. The molecule has 2 nitrogen and oxygen atoms in total. The van der Waals surface area contributed by atoms with E-state index < -0.39 is 5.41 Å². The van der Waals surface area contributed by atoms with Crippen molar-refractivity contribution in [3.63, 3.8) is 0 Å². The highest BCUT2D eigenvalue weighted by Crippen LogP contribution is 2.64. The van der Waals surface area contributed by atoms with Crippen molar-refractivity contribution in [2.45, 2.75) is 5.41 Å². The Morgan fingerprint density at radius 1 is 0.317 bits per heavy atom. The molecule has 0 N–H and O–H groups in total. The van der Waals surface area contributed by atoms with E-state index in [-0.39, 0.29) is 0 Å². The average molecular weight is 801 g/mol. The monoisotopic (exact) mass is 800 g/mol. The number of nitrogens with zero attached hydrogens (tertiary/aromatic N) is 2. The number of hydrogen-bond acceptors (Lipinski definition) is 1. The molecule has 63 heavy (non-hydrogen) atoms. The van der Waals surface area contributed by atoms with Gasteiger partial charge in [-0.05, 0) is 110 Å². The first-order chi connectivity index (χ1) is 31.3. The van der Waals surface area contributed by atoms with Crippen molar-refractivity contribution in [1.82, 2.24) is 4.57 Å². The summed E-state index contributed by atoms with van der Waals surface area (Å²) in [5.41, 5.74) is 21.8. The van der Waals surface area contributed by atoms with Gasteiger partial charge in [-0.3, -0.25) is 0 Å². The lowest BCUT2D eigenvalue weighted by Gasteiger charge is -2.32. The van der Waals surface area contributed by atoms with Crippen molar-refractivity contribution < 1.29 is 0 Å². The van der Waals surface area contributed by atoms with Gasteiger partial charge in [-0.1, -0.05) is 188 Å². The summed E-state index contributed by atoms with van der Waals surface area (Å²) < 4.78 is 2.38. The molecule has 294 valence electrons. The first kappa shape index (κ1) is 35.5. The van der Waals surface area contributed by atoms with E-state index in [1.807, 2.05) is 0 Å². The Bertz CT molecular complexity index is 3520. The third-order valence-electron chi connectivity index (χ3n) is 13.6. The Hall–Kier alpha value is -8.20. The Morgan fingerprint density at radius 2 is 0.841 bits per heavy atom. The molecular formula is C61H40N2. The van der Waals surface area contributed by atoms with Gasteiger partial charge in [0.25, 0.3) is 0 Å². The second kappa shape index (κ2) is 13.9. The van der Waals surface area contributed by atoms with Gasteiger partial charge in [-0.15, -0.1) is 0 Å². The highest BCUT2D eigenvalue weighted by atomic mass is 15.1. The number of benzene rings is 10. The van der Waals surface area contributed by atoms with Crippen LogP contribution < -0.4 is 4.90 Å². The maximum atomic E-state index is 2.50. The van der Waals surface area contributed by atoms with Crippen LogP contribution in [0.5, 0.6) is 0 Å². The van der Waals surface area contributed by atoms with Crippen molar-refractivity contribution in [3.05, 3.63) is 265 Å². The van der Waals surface area contributed by atoms with Crippen LogP contribution in [0, 0.1) is 0 Å². The second-order valence-corrected chi connectivity index (χ2v) is 16.8. The van der Waals surface area contributed by atoms with Crippen molar-refractivity contribution >= 4 is 38.9 Å². The quantitative estimate of drug-likeness (QED) is 0.163. The molecule has 0 saturated carbocycles. The maximum absolute atomic E-state index is 2.50. The summed E-state index contributed by atoms with van der Waals surface area (Å²) in [6, 6.07) is 89.4. The van der Waals surface area contributed by atoms with Crippen LogP contribution in [0.3, 0.4) is 0 Å². The third kappa shape index (κ3) is 5.13. The van der Waals surface area contributed by atoms with Crippen molar-refractivity contribution in [3.8, 4) is 50.2 Å². The molecule has 0 unspecified atom stereocenters. The molecule has 11 aromatic rings. The van der Waals surface area contributed by atoms with E-state index in [9.17, 15) is 0 Å². The van der Waals surface area contributed by atoms with E-state index in [1.54, 1.807) is 0 Å². The Labute approximate surface area is 367 Å². The normalized spacial score (nSPS) is 12.9. The molecule has 2 aliphatic rings. The van der Waals surface area contributed by atoms with Crippen LogP contribution in [0.15, 0.2) is 243 Å². The minimum atomic E-state index is -0.439. The van der Waals surface area contributed by atoms with E-state index in [2.05, 4.69) is 252 Å². The zero-order valence-electron chi connectivity index (χ0n) is 34.5. The Morgan fingerprint density at radius 3 is 1.57 bits per heavy atom. The summed E-state index contributed by atoms with van der Waals surface area (Å²) in [5, 5.41) is 2.50. The minimum absolute atomic E-state index is 0.439. The molecule has 0 amide bonds. The second-order valence-electron chi connectivity index (χ2n) is 16.8. The fraction of sp³-hybridized carbons (Fsp3) is 0.0164. The van der Waals surface area contributed by atoms with E-state index in [1.165, 1.54) is 94.3 Å². The summed E-state index contributed by atoms with van der Waals surface area (Å²) >= 11 is 0. The molecule has 10 aromatic carbocycles. The standard InChI is InChI=1S/C61H40N2/c1-3-18-42(19-4-1)46-22-10-15-31-56(46)63(45-37-34-41(35-38-45)43-36-39-58-51(40-43)49-25-11-16-32-57(49)62(58)44-20-5-2-6-21-44)59-33-17-30-55-60(59)50-26-9-14-29-54(50)61(55)52-27-12-7-23-47(52)48-24-8-13-28-53(48)61/h1-40H. The first-order valence-electron chi connectivity index (χ1n) is 21.9. The van der Waals surface area contributed by atoms with Gasteiger partial charge < -0.3 is 9.47 Å². The number of hydrogen-bond donors (Lipinski definition) is 0. The van der Waals surface area contributed by atoms with Crippen molar-refractivity contribution in [2.75, 3.05) is 4.90 Å². The fourth-order valence-electron chi connectivity index (χ4n) is 11.1. The molecule has 0 radical (unpaired) electrons. The third-order valence-corrected chi connectivity index (χ3v) is 13.6. The van der Waals surface area contributed by atoms with Crippen LogP contribution in [0.25, 0.3) is 72.0 Å². The highest BCUT2D eigenvalue weighted by molar-refractivity contribution is 6.10. The molecule has 2 aliphatic carbocycles. The number of para-hydroxylation sites is 3. The predicted molar refractivity (Wildman–Crippen MR) is 263 cm³/mol. The Balaban J connectivity index is 1.02. The maximum Gasteiger partial charge on any atom is 0.0726 e. The molecule has 1 heterocycles. The van der Waals surface area contributed by atoms with Gasteiger partial charge in [0.15, 0.2) is 0 Å². The zero-order chi connectivity index (χ0) is 41.5. The lowest BCUT2D eigenvalue weighted by atomic mass is 9.70. The molecule has 0 bridgehead atoms. The lowest BCUT2D eigenvalue weighted by molar-refractivity contribution is 0.794. The van der Waals surface area contributed by atoms with E-state index in [0.29, 0.717) is 0 Å². The SMILES string of the molecule is c1ccc(-c2ccccc2N(c2ccc(-c3ccc4c(c3)c3ccccc3n4-c3ccccc3)cc2)c2cccc3c2-c2ccccc2C32c3ccccc3-c3ccccc32)cc1. The minimum Gasteiger partial charge on any atom is -0.309 e. The number of anilines is 3. The average Bonchev–Trinajstić information content (AvgIpc) is 3.97. The highest BCUT2D eigenvalue weighted by Gasteiger charge is 2.52. The number of aromatic nitrogens is 1. The topological polar surface area (TPSA) is 8.17 Å². The van der Waals surface area contributed by atoms with Gasteiger partial charge in [0.1, 0.15) is 0 Å². The van der Waals surface area contributed by atoms with Gasteiger partial charge in [-0.2, -0.15) is 0 Å². The van der Waals surface area contributed by atoms with E-state index >= 15 is 0 Å². The van der Waals surface area contributed by atoms with E-state index in [0.717, 1.165) is 17.1 Å². The molecule has 1 aromatic heterocycles. The predicted octanol–water partition coefficient (Wildman–Crippen LogP) is 15.9. The first-order valence-corrected chi connectivity index (χ1v) is 21.9. The Kier molecular flexibility index (Phi) is 7.85. The molecule has 0 aliphatic heterocycles. The summed E-state index contributed by atoms with van der Waals surface area (Å²) in [5.74, 6) is 0. The summed E-state index contributed by atoms with van der Waals surface area (Å²) in [6.45, 7) is 0. The van der Waals surface area contributed by atoms with Crippen LogP contribution >= 0.6 is 0 Å². The van der Waals surface area contributed by atoms with Crippen LogP contribution in [-0.4, -0.2) is 4.57 Å². The van der Waals surface area contributed by atoms with Crippen LogP contribution in [0.4, 0.5) is 17.1 Å². The molecule has 0 atom stereocenters. The van der Waals surface area contributed by atoms with Crippen molar-refractivity contribution in [2.24, 2.45) is 0 Å². The smallest absolute Gasteiger partial charge is 0.0726 e. The molecular weight excluding hydrogens is 761 g/mol. The van der Waals surface area contributed by atoms with Crippen LogP contribution in [0.1, 0.15) is 22.3 Å². The summed E-state index contributed by atoms with van der Waals surface area (Å²) in [6.07, 6.45) is 0. The molecule has 13 rings (SSSR count). The fourth-order valence-corrected chi connectivity index (χ4v) is 11.1. The number of rotatable bonds is 6. The van der Waals surface area contributed by atoms with Gasteiger partial charge in [0.2, 0.25) is 0 Å². The molecule has 2 heteroatoms. The van der Waals surface area contributed by atoms with Gasteiger partial charge >= 0.3 is 0 Å². The summed E-state index contributed by atoms with van der Waals surface area (Å²) in [4.78, 5) is 2.50. The van der Waals surface area contributed by atoms with Crippen LogP contribution in [-0.2, 0) is 5.41 Å². The largest absolute Gasteiger partial charge is 0.309 e. The van der Waals surface area contributed by atoms with Gasteiger partial charge in [0, 0.05) is 33.3 Å². The van der Waals surface area contributed by atoms with Crippen molar-refractivity contribution in [1.29, 1.82) is 0 Å². The van der Waals surface area contributed by atoms with Crippen LogP contribution in [0.2, 0.25) is 0 Å².